The van der Waals surface area contributed by atoms with Crippen LogP contribution in [0.5, 0.6) is 0 Å². The Morgan fingerprint density at radius 2 is 1.80 bits per heavy atom. The van der Waals surface area contributed by atoms with Crippen LogP contribution in [0.1, 0.15) is 6.92 Å². The smallest absolute Gasteiger partial charge is 0.822 e. The quantitative estimate of drug-likeness (QED) is 0.326. The molecule has 0 atom stereocenters. The fourth-order valence-electron chi connectivity index (χ4n) is 0.262. The van der Waals surface area contributed by atoms with Crippen LogP contribution in [0.25, 0.3) is 0 Å². The first kappa shape index (κ1) is 21.0. The molecule has 0 fully saturated rings. The van der Waals surface area contributed by atoms with Crippen LogP contribution in [0.4, 0.5) is 0 Å². The molecule has 15 heavy (non-hydrogen) atoms. The SMILES string of the molecule is C=C(C)C(=O)OCCO.O=P([O-])([O-])[O-].[Ce+3]. The van der Waals surface area contributed by atoms with E-state index in [1.807, 2.05) is 0 Å². The zero-order chi connectivity index (χ0) is 11.8. The van der Waals surface area contributed by atoms with E-state index in [-0.39, 0.29) is 55.0 Å². The van der Waals surface area contributed by atoms with Crippen LogP contribution in [0.15, 0.2) is 12.2 Å². The summed E-state index contributed by atoms with van der Waals surface area (Å²) in [4.78, 5) is 36.1. The van der Waals surface area contributed by atoms with Crippen molar-refractivity contribution in [3.8, 4) is 0 Å². The Morgan fingerprint density at radius 1 is 1.47 bits per heavy atom. The largest absolute Gasteiger partial charge is 3.00 e. The van der Waals surface area contributed by atoms with Gasteiger partial charge >= 0.3 is 47.7 Å². The number of aliphatic hydroxyl groups excluding tert-OH is 1. The first-order valence-corrected chi connectivity index (χ1v) is 4.81. The second-order valence-electron chi connectivity index (χ2n) is 2.09. The third-order valence-electron chi connectivity index (χ3n) is 0.673. The van der Waals surface area contributed by atoms with Crippen LogP contribution in [0.2, 0.25) is 0 Å². The summed E-state index contributed by atoms with van der Waals surface area (Å²) < 4.78 is 13.0. The average molecular weight is 365 g/mol. The molecule has 0 aromatic rings. The third-order valence-corrected chi connectivity index (χ3v) is 0.673. The van der Waals surface area contributed by atoms with Crippen LogP contribution in [-0.2, 0) is 14.1 Å². The Balaban J connectivity index is -0.000000208. The summed E-state index contributed by atoms with van der Waals surface area (Å²) in [6, 6.07) is 0. The molecule has 0 spiro atoms. The first-order chi connectivity index (χ1) is 6.18. The number of carbonyl (C=O) groups excluding carboxylic acids is 1. The number of phosphoric acid groups is 1. The number of ether oxygens (including phenoxy) is 1. The summed E-state index contributed by atoms with van der Waals surface area (Å²) in [6.45, 7) is 4.81. The van der Waals surface area contributed by atoms with E-state index in [1.165, 1.54) is 0 Å². The van der Waals surface area contributed by atoms with E-state index < -0.39 is 13.8 Å². The third kappa shape index (κ3) is 31.3. The maximum Gasteiger partial charge on any atom is 3.00 e. The summed E-state index contributed by atoms with van der Waals surface area (Å²) in [5, 5.41) is 8.19. The predicted octanol–water partition coefficient (Wildman–Crippen LogP) is -2.73. The number of hydrogen-bond donors (Lipinski definition) is 1. The molecule has 1 radical (unpaired) electrons. The molecule has 0 unspecified atom stereocenters. The molecule has 0 aliphatic rings. The number of hydrogen-bond acceptors (Lipinski definition) is 7. The van der Waals surface area contributed by atoms with Crippen molar-refractivity contribution < 1.29 is 75.6 Å². The summed E-state index contributed by atoms with van der Waals surface area (Å²) in [6.07, 6.45) is 0. The van der Waals surface area contributed by atoms with Gasteiger partial charge in [0, 0.05) is 5.57 Å². The second-order valence-corrected chi connectivity index (χ2v) is 2.98. The molecule has 0 aliphatic carbocycles. The van der Waals surface area contributed by atoms with Gasteiger partial charge in [0.15, 0.2) is 0 Å². The predicted molar refractivity (Wildman–Crippen MR) is 40.5 cm³/mol. The number of carbonyl (C=O) groups is 1. The Hall–Kier alpha value is 0.657. The normalized spacial score (nSPS) is 9.13. The molecule has 0 aliphatic heterocycles. The van der Waals surface area contributed by atoms with E-state index in [0.29, 0.717) is 5.57 Å². The van der Waals surface area contributed by atoms with Gasteiger partial charge in [-0.25, -0.2) is 4.79 Å². The van der Waals surface area contributed by atoms with Crippen LogP contribution in [-0.4, -0.2) is 24.3 Å². The molecular formula is C6H10CeO7P. The number of aliphatic hydroxyl groups is 1. The Bertz CT molecular complexity index is 227. The monoisotopic (exact) mass is 365 g/mol. The van der Waals surface area contributed by atoms with Gasteiger partial charge in [0.2, 0.25) is 0 Å². The summed E-state index contributed by atoms with van der Waals surface area (Å²) in [7, 11) is -5.39. The number of rotatable bonds is 3. The standard InChI is InChI=1S/C6H10O3.Ce.H3O4P/c1-5(2)6(8)9-4-3-7;;1-5(2,3)4/h7H,1,3-4H2,2H3;;(H3,1,2,3,4)/q;+3;/p-3. The van der Waals surface area contributed by atoms with Gasteiger partial charge in [-0.1, -0.05) is 6.58 Å². The van der Waals surface area contributed by atoms with E-state index in [2.05, 4.69) is 11.3 Å². The molecule has 0 saturated carbocycles. The van der Waals surface area contributed by atoms with Gasteiger partial charge in [0.05, 0.1) is 6.61 Å². The molecule has 0 aromatic heterocycles. The minimum absolute atomic E-state index is 0. The van der Waals surface area contributed by atoms with Crippen molar-refractivity contribution in [2.45, 2.75) is 6.92 Å². The Morgan fingerprint density at radius 3 is 2.00 bits per heavy atom. The molecule has 85 valence electrons. The minimum Gasteiger partial charge on any atom is -0.822 e. The average Bonchev–Trinajstić information content (AvgIpc) is 1.96. The van der Waals surface area contributed by atoms with E-state index in [4.69, 9.17) is 24.4 Å². The van der Waals surface area contributed by atoms with E-state index >= 15 is 0 Å². The molecule has 1 N–H and O–H groups in total. The van der Waals surface area contributed by atoms with Gasteiger partial charge in [0.1, 0.15) is 6.61 Å². The van der Waals surface area contributed by atoms with Gasteiger partial charge in [0.25, 0.3) is 0 Å². The minimum atomic E-state index is -5.39. The van der Waals surface area contributed by atoms with Crippen molar-refractivity contribution in [3.05, 3.63) is 12.2 Å². The Labute approximate surface area is 121 Å². The van der Waals surface area contributed by atoms with Gasteiger partial charge in [-0.05, 0) is 6.92 Å². The zero-order valence-corrected chi connectivity index (χ0v) is 12.0. The van der Waals surface area contributed by atoms with Crippen LogP contribution >= 0.6 is 7.82 Å². The summed E-state index contributed by atoms with van der Waals surface area (Å²) in [5.74, 6) is -0.455. The maximum absolute atomic E-state index is 10.5. The Kier molecular flexibility index (Phi) is 15.6. The van der Waals surface area contributed by atoms with Crippen molar-refractivity contribution in [3.63, 3.8) is 0 Å². The maximum atomic E-state index is 10.5. The molecule has 0 saturated heterocycles. The molecule has 9 heteroatoms. The second kappa shape index (κ2) is 11.2. The van der Waals surface area contributed by atoms with Crippen molar-refractivity contribution in [1.29, 1.82) is 0 Å². The molecule has 7 nitrogen and oxygen atoms in total. The van der Waals surface area contributed by atoms with Gasteiger partial charge in [-0.2, -0.15) is 7.82 Å². The number of esters is 1. The molecular weight excluding hydrogens is 355 g/mol. The van der Waals surface area contributed by atoms with E-state index in [9.17, 15) is 4.79 Å². The first-order valence-electron chi connectivity index (χ1n) is 3.35. The van der Waals surface area contributed by atoms with Crippen LogP contribution in [0, 0.1) is 41.7 Å². The summed E-state index contributed by atoms with van der Waals surface area (Å²) in [5.41, 5.74) is 0.350. The van der Waals surface area contributed by atoms with Crippen molar-refractivity contribution in [2.24, 2.45) is 0 Å². The van der Waals surface area contributed by atoms with Crippen LogP contribution in [0.3, 0.4) is 0 Å². The van der Waals surface area contributed by atoms with Crippen molar-refractivity contribution in [2.75, 3.05) is 13.2 Å². The van der Waals surface area contributed by atoms with Crippen LogP contribution < -0.4 is 14.7 Å². The van der Waals surface area contributed by atoms with E-state index in [1.54, 1.807) is 6.92 Å². The molecule has 0 aromatic carbocycles. The fraction of sp³-hybridized carbons (Fsp3) is 0.500. The molecule has 0 bridgehead atoms. The van der Waals surface area contributed by atoms with Gasteiger partial charge in [-0.15, -0.1) is 0 Å². The van der Waals surface area contributed by atoms with Gasteiger partial charge in [-0.3, -0.25) is 0 Å². The van der Waals surface area contributed by atoms with Crippen molar-refractivity contribution >= 4 is 13.8 Å². The molecule has 0 amide bonds. The van der Waals surface area contributed by atoms with Crippen molar-refractivity contribution in [1.82, 2.24) is 0 Å². The molecule has 0 rings (SSSR count). The molecule has 0 heterocycles. The fourth-order valence-corrected chi connectivity index (χ4v) is 0.262. The topological polar surface area (TPSA) is 133 Å². The van der Waals surface area contributed by atoms with E-state index in [0.717, 1.165) is 0 Å². The zero-order valence-electron chi connectivity index (χ0n) is 7.97. The van der Waals surface area contributed by atoms with Gasteiger partial charge < -0.3 is 29.1 Å². The summed E-state index contributed by atoms with van der Waals surface area (Å²) >= 11 is 0.